The summed E-state index contributed by atoms with van der Waals surface area (Å²) in [6, 6.07) is 9.12. The fourth-order valence-electron chi connectivity index (χ4n) is 3.29. The largest absolute Gasteiger partial charge is 0.305 e. The summed E-state index contributed by atoms with van der Waals surface area (Å²) in [5, 5.41) is 11.1. The van der Waals surface area contributed by atoms with Gasteiger partial charge < -0.3 is 10.2 Å². The maximum absolute atomic E-state index is 4.24. The number of nitrogens with one attached hydrogen (secondary N) is 2. The van der Waals surface area contributed by atoms with Crippen LogP contribution in [0.4, 0.5) is 0 Å². The van der Waals surface area contributed by atoms with E-state index in [1.165, 1.54) is 22.4 Å². The highest BCUT2D eigenvalue weighted by atomic mass is 15.1. The van der Waals surface area contributed by atoms with E-state index >= 15 is 0 Å². The molecule has 0 amide bonds. The van der Waals surface area contributed by atoms with Crippen LogP contribution in [0.5, 0.6) is 0 Å². The van der Waals surface area contributed by atoms with E-state index in [0.29, 0.717) is 6.04 Å². The molecule has 2 aromatic rings. The van der Waals surface area contributed by atoms with Crippen LogP contribution in [0.2, 0.25) is 0 Å². The molecule has 0 aliphatic carbocycles. The van der Waals surface area contributed by atoms with Gasteiger partial charge in [0.25, 0.3) is 0 Å². The summed E-state index contributed by atoms with van der Waals surface area (Å²) in [7, 11) is 2.18. The fourth-order valence-corrected chi connectivity index (χ4v) is 3.29. The van der Waals surface area contributed by atoms with E-state index in [1.807, 2.05) is 6.20 Å². The lowest BCUT2D eigenvalue weighted by atomic mass is 9.89. The molecule has 1 aromatic heterocycles. The average molecular weight is 298 g/mol. The number of aromatic nitrogens is 2. The first-order valence-corrected chi connectivity index (χ1v) is 7.97. The number of rotatable bonds is 3. The first-order chi connectivity index (χ1) is 10.4. The Morgan fingerprint density at radius 2 is 2.09 bits per heavy atom. The van der Waals surface area contributed by atoms with Crippen molar-refractivity contribution < 1.29 is 0 Å². The van der Waals surface area contributed by atoms with Gasteiger partial charge in [-0.2, -0.15) is 5.10 Å². The Bertz CT molecular complexity index is 639. The van der Waals surface area contributed by atoms with Crippen LogP contribution in [0, 0.1) is 0 Å². The third kappa shape index (κ3) is 3.08. The van der Waals surface area contributed by atoms with Gasteiger partial charge in [-0.1, -0.05) is 45.0 Å². The van der Waals surface area contributed by atoms with Crippen molar-refractivity contribution in [1.29, 1.82) is 0 Å². The smallest absolute Gasteiger partial charge is 0.0535 e. The van der Waals surface area contributed by atoms with Crippen molar-refractivity contribution in [3.05, 3.63) is 52.8 Å². The standard InChI is InChI=1S/C18H26N4/c1-18(2,3)17-14(10-20-21-17)9-19-16-12-22(4)11-13-7-5-6-8-15(13)16/h5-8,10,16,19H,9,11-12H2,1-4H3,(H,20,21). The lowest BCUT2D eigenvalue weighted by Crippen LogP contribution is -2.37. The monoisotopic (exact) mass is 298 g/mol. The van der Waals surface area contributed by atoms with Crippen molar-refractivity contribution in [2.75, 3.05) is 13.6 Å². The Morgan fingerprint density at radius 3 is 2.86 bits per heavy atom. The molecule has 118 valence electrons. The zero-order valence-corrected chi connectivity index (χ0v) is 14.0. The van der Waals surface area contributed by atoms with Crippen LogP contribution in [0.15, 0.2) is 30.5 Å². The molecule has 1 aromatic carbocycles. The van der Waals surface area contributed by atoms with Crippen LogP contribution < -0.4 is 5.32 Å². The highest BCUT2D eigenvalue weighted by molar-refractivity contribution is 5.32. The van der Waals surface area contributed by atoms with E-state index in [4.69, 9.17) is 0 Å². The van der Waals surface area contributed by atoms with Crippen molar-refractivity contribution in [3.63, 3.8) is 0 Å². The van der Waals surface area contributed by atoms with E-state index in [-0.39, 0.29) is 5.41 Å². The van der Waals surface area contributed by atoms with E-state index < -0.39 is 0 Å². The van der Waals surface area contributed by atoms with Gasteiger partial charge in [-0.15, -0.1) is 0 Å². The Balaban J connectivity index is 1.76. The molecule has 0 saturated heterocycles. The molecule has 1 unspecified atom stereocenters. The molecule has 0 bridgehead atoms. The third-order valence-electron chi connectivity index (χ3n) is 4.37. The van der Waals surface area contributed by atoms with Crippen LogP contribution in [0.3, 0.4) is 0 Å². The molecule has 1 atom stereocenters. The van der Waals surface area contributed by atoms with Gasteiger partial charge in [0.15, 0.2) is 0 Å². The molecule has 1 aliphatic rings. The molecule has 0 saturated carbocycles. The molecule has 22 heavy (non-hydrogen) atoms. The van der Waals surface area contributed by atoms with Crippen molar-refractivity contribution in [2.24, 2.45) is 0 Å². The number of benzene rings is 1. The van der Waals surface area contributed by atoms with Crippen LogP contribution in [0.1, 0.15) is 49.2 Å². The van der Waals surface area contributed by atoms with Crippen LogP contribution in [-0.4, -0.2) is 28.7 Å². The van der Waals surface area contributed by atoms with E-state index in [0.717, 1.165) is 19.6 Å². The second-order valence-corrected chi connectivity index (χ2v) is 7.35. The predicted octanol–water partition coefficient (Wildman–Crippen LogP) is 2.98. The van der Waals surface area contributed by atoms with E-state index in [2.05, 4.69) is 72.5 Å². The minimum absolute atomic E-state index is 0.0920. The van der Waals surface area contributed by atoms with E-state index in [9.17, 15) is 0 Å². The van der Waals surface area contributed by atoms with Crippen LogP contribution >= 0.6 is 0 Å². The van der Waals surface area contributed by atoms with Crippen LogP contribution in [-0.2, 0) is 18.5 Å². The molecular weight excluding hydrogens is 272 g/mol. The van der Waals surface area contributed by atoms with Gasteiger partial charge in [0, 0.05) is 42.3 Å². The van der Waals surface area contributed by atoms with Crippen molar-refractivity contribution >= 4 is 0 Å². The molecule has 3 rings (SSSR count). The molecule has 2 heterocycles. The summed E-state index contributed by atoms with van der Waals surface area (Å²) in [5.74, 6) is 0. The number of nitrogens with zero attached hydrogens (tertiary/aromatic N) is 2. The third-order valence-corrected chi connectivity index (χ3v) is 4.37. The highest BCUT2D eigenvalue weighted by Crippen LogP contribution is 2.27. The minimum atomic E-state index is 0.0920. The number of fused-ring (bicyclic) bond motifs is 1. The molecule has 0 radical (unpaired) electrons. The molecule has 0 spiro atoms. The average Bonchev–Trinajstić information content (AvgIpc) is 2.93. The lowest BCUT2D eigenvalue weighted by Gasteiger charge is -2.33. The zero-order chi connectivity index (χ0) is 15.7. The van der Waals surface area contributed by atoms with Crippen molar-refractivity contribution in [1.82, 2.24) is 20.4 Å². The number of aromatic amines is 1. The number of likely N-dealkylation sites (N-methyl/N-ethyl adjacent to an activating group) is 1. The summed E-state index contributed by atoms with van der Waals surface area (Å²) in [4.78, 5) is 2.38. The van der Waals surface area contributed by atoms with Gasteiger partial charge in [-0.25, -0.2) is 0 Å². The molecule has 2 N–H and O–H groups in total. The molecule has 4 heteroatoms. The first kappa shape index (κ1) is 15.3. The Labute approximate surface area is 132 Å². The first-order valence-electron chi connectivity index (χ1n) is 7.97. The topological polar surface area (TPSA) is 44.0 Å². The summed E-state index contributed by atoms with van der Waals surface area (Å²) in [6.07, 6.45) is 1.95. The Hall–Kier alpha value is -1.65. The molecule has 0 fully saturated rings. The molecule has 1 aliphatic heterocycles. The van der Waals surface area contributed by atoms with Gasteiger partial charge >= 0.3 is 0 Å². The van der Waals surface area contributed by atoms with Gasteiger partial charge in [0.2, 0.25) is 0 Å². The van der Waals surface area contributed by atoms with Crippen molar-refractivity contribution in [2.45, 2.75) is 45.3 Å². The van der Waals surface area contributed by atoms with Gasteiger partial charge in [-0.05, 0) is 18.2 Å². The lowest BCUT2D eigenvalue weighted by molar-refractivity contribution is 0.259. The zero-order valence-electron chi connectivity index (χ0n) is 14.0. The Morgan fingerprint density at radius 1 is 1.32 bits per heavy atom. The fraction of sp³-hybridized carbons (Fsp3) is 0.500. The second-order valence-electron chi connectivity index (χ2n) is 7.35. The van der Waals surface area contributed by atoms with Crippen molar-refractivity contribution in [3.8, 4) is 0 Å². The highest BCUT2D eigenvalue weighted by Gasteiger charge is 2.24. The normalized spacial score (nSPS) is 19.2. The number of hydrogen-bond acceptors (Lipinski definition) is 3. The quantitative estimate of drug-likeness (QED) is 0.915. The minimum Gasteiger partial charge on any atom is -0.305 e. The van der Waals surface area contributed by atoms with Gasteiger partial charge in [0.05, 0.1) is 6.20 Å². The molecule has 4 nitrogen and oxygen atoms in total. The summed E-state index contributed by atoms with van der Waals surface area (Å²) in [5.41, 5.74) is 5.43. The maximum atomic E-state index is 4.24. The summed E-state index contributed by atoms with van der Waals surface area (Å²) < 4.78 is 0. The van der Waals surface area contributed by atoms with Gasteiger partial charge in [0.1, 0.15) is 0 Å². The number of H-pyrrole nitrogens is 1. The second kappa shape index (κ2) is 5.86. The van der Waals surface area contributed by atoms with Crippen LogP contribution in [0.25, 0.3) is 0 Å². The Kier molecular flexibility index (Phi) is 4.06. The van der Waals surface area contributed by atoms with Gasteiger partial charge in [-0.3, -0.25) is 5.10 Å². The predicted molar refractivity (Wildman–Crippen MR) is 89.6 cm³/mol. The number of hydrogen-bond donors (Lipinski definition) is 2. The summed E-state index contributed by atoms with van der Waals surface area (Å²) >= 11 is 0. The molecular formula is C18H26N4. The summed E-state index contributed by atoms with van der Waals surface area (Å²) in [6.45, 7) is 9.57. The SMILES string of the molecule is CN1Cc2ccccc2C(NCc2cn[nH]c2C(C)(C)C)C1. The maximum Gasteiger partial charge on any atom is 0.0535 e. The van der Waals surface area contributed by atoms with E-state index in [1.54, 1.807) is 0 Å².